The molecule has 6 atom stereocenters. The Labute approximate surface area is 501 Å². The third-order valence-electron chi connectivity index (χ3n) is 16.5. The Morgan fingerprint density at radius 2 is 0.821 bits per heavy atom. The quantitative estimate of drug-likeness (QED) is 0.0681. The molecule has 10 nitrogen and oxygen atoms in total. The van der Waals surface area contributed by atoms with E-state index in [1.807, 2.05) is 72.8 Å². The average molecular weight is 1130 g/mol. The fourth-order valence-electron chi connectivity index (χ4n) is 13.2. The minimum absolute atomic E-state index is 0.181. The molecule has 0 aliphatic heterocycles. The molecular formula is C74H94N8O2. The summed E-state index contributed by atoms with van der Waals surface area (Å²) in [6.45, 7) is 38.7. The molecular weight excluding hydrogens is 1030 g/mol. The Morgan fingerprint density at radius 3 is 1.17 bits per heavy atom. The summed E-state index contributed by atoms with van der Waals surface area (Å²) in [6.07, 6.45) is 12.3. The highest BCUT2D eigenvalue weighted by molar-refractivity contribution is 6.08. The van der Waals surface area contributed by atoms with Crippen LogP contribution in [0.1, 0.15) is 174 Å². The lowest BCUT2D eigenvalue weighted by Crippen LogP contribution is -2.25. The second kappa shape index (κ2) is 26.3. The number of aromatic nitrogens is 6. The third-order valence-corrected chi connectivity index (χ3v) is 16.5. The second-order valence-electron chi connectivity index (χ2n) is 29.5. The molecule has 2 N–H and O–H groups in total. The molecule has 0 aliphatic carbocycles. The summed E-state index contributed by atoms with van der Waals surface area (Å²) >= 11 is 0. The van der Waals surface area contributed by atoms with Gasteiger partial charge in [-0.3, -0.25) is 9.97 Å². The maximum absolute atomic E-state index is 11.5. The standard InChI is InChI=1S/C74H94N8O2/c1-47(37-71(5,6)7)31-33-53(49(3)39-73(11,12)13)45-83-55-25-21-23-51(35-55)67-65-66(70(81-67)58(42-76)64-44-78-60-28-18-20-30-62(60)80-64)68(82-69(65)57(41-75)63-43-77-59-27-17-19-29-61(59)79-63)52-24-22-26-56(36-52)84-46-54(50(4)40-74(14,15)16)34-32-48(2)38-72(8,9)10/h17-30,35-36,43-44,47-50,53-54,81-82H,31-34,37-40,45-46H2,1-16H3/b69-57-,70-58-. The molecule has 0 aliphatic rings. The van der Waals surface area contributed by atoms with E-state index in [0.29, 0.717) is 115 Å². The fraction of sp³-hybridized carbons (Fsp3) is 0.486. The fourth-order valence-corrected chi connectivity index (χ4v) is 13.2. The zero-order valence-corrected chi connectivity index (χ0v) is 53.4. The topological polar surface area (TPSA) is 149 Å². The van der Waals surface area contributed by atoms with Crippen molar-refractivity contribution in [2.45, 2.75) is 162 Å². The van der Waals surface area contributed by atoms with E-state index in [4.69, 9.17) is 29.4 Å². The van der Waals surface area contributed by atoms with E-state index in [1.54, 1.807) is 12.4 Å². The monoisotopic (exact) mass is 1130 g/mol. The molecule has 0 saturated heterocycles. The molecule has 84 heavy (non-hydrogen) atoms. The molecule has 4 aromatic carbocycles. The lowest BCUT2D eigenvalue weighted by Gasteiger charge is -2.31. The lowest BCUT2D eigenvalue weighted by molar-refractivity contribution is 0.147. The largest absolute Gasteiger partial charge is 0.493 e. The molecule has 6 unspecified atom stereocenters. The molecule has 4 heterocycles. The van der Waals surface area contributed by atoms with Crippen LogP contribution in [0.4, 0.5) is 0 Å². The van der Waals surface area contributed by atoms with Crippen molar-refractivity contribution in [3.63, 3.8) is 0 Å². The first-order chi connectivity index (χ1) is 39.7. The number of rotatable bonds is 22. The molecule has 8 aromatic rings. The Hall–Kier alpha value is -7.30. The molecule has 8 rings (SSSR count). The van der Waals surface area contributed by atoms with Gasteiger partial charge in [0, 0.05) is 21.9 Å². The predicted molar refractivity (Wildman–Crippen MR) is 347 cm³/mol. The van der Waals surface area contributed by atoms with Gasteiger partial charge in [-0.1, -0.05) is 172 Å². The number of nitrogens with zero attached hydrogens (tertiary/aromatic N) is 6. The van der Waals surface area contributed by atoms with Gasteiger partial charge >= 0.3 is 0 Å². The molecule has 0 bridgehead atoms. The van der Waals surface area contributed by atoms with Crippen LogP contribution in [-0.4, -0.2) is 43.1 Å². The van der Waals surface area contributed by atoms with Crippen LogP contribution in [0.3, 0.4) is 0 Å². The van der Waals surface area contributed by atoms with Crippen molar-refractivity contribution in [3.8, 4) is 46.2 Å². The Bertz CT molecular complexity index is 3520. The maximum atomic E-state index is 11.5. The van der Waals surface area contributed by atoms with Crippen molar-refractivity contribution in [2.24, 2.45) is 57.2 Å². The third kappa shape index (κ3) is 16.5. The van der Waals surface area contributed by atoms with Gasteiger partial charge in [0.05, 0.1) is 69.8 Å². The molecule has 442 valence electrons. The minimum atomic E-state index is 0.181. The van der Waals surface area contributed by atoms with Gasteiger partial charge < -0.3 is 19.4 Å². The molecule has 0 saturated carbocycles. The zero-order chi connectivity index (χ0) is 60.7. The van der Waals surface area contributed by atoms with Gasteiger partial charge in [0.15, 0.2) is 0 Å². The summed E-state index contributed by atoms with van der Waals surface area (Å²) in [4.78, 5) is 27.3. The van der Waals surface area contributed by atoms with Crippen LogP contribution in [0, 0.1) is 79.8 Å². The van der Waals surface area contributed by atoms with Crippen molar-refractivity contribution in [2.75, 3.05) is 13.2 Å². The zero-order valence-electron chi connectivity index (χ0n) is 53.4. The highest BCUT2D eigenvalue weighted by atomic mass is 16.5. The van der Waals surface area contributed by atoms with Crippen LogP contribution < -0.4 is 20.2 Å². The van der Waals surface area contributed by atoms with E-state index in [2.05, 4.69) is 157 Å². The highest BCUT2D eigenvalue weighted by Crippen LogP contribution is 2.39. The van der Waals surface area contributed by atoms with Crippen LogP contribution in [0.25, 0.3) is 66.5 Å². The summed E-state index contributed by atoms with van der Waals surface area (Å²) in [5.74, 6) is 4.29. The summed E-state index contributed by atoms with van der Waals surface area (Å²) in [7, 11) is 0. The molecule has 0 spiro atoms. The van der Waals surface area contributed by atoms with Gasteiger partial charge in [-0.2, -0.15) is 10.5 Å². The van der Waals surface area contributed by atoms with Gasteiger partial charge in [-0.05, 0) is 144 Å². The van der Waals surface area contributed by atoms with Crippen LogP contribution in [-0.2, 0) is 0 Å². The summed E-state index contributed by atoms with van der Waals surface area (Å²) in [5, 5.41) is 25.4. The summed E-state index contributed by atoms with van der Waals surface area (Å²) in [5.41, 5.74) is 8.16. The number of aromatic amines is 2. The molecule has 0 fully saturated rings. The normalized spacial score (nSPS) is 15.5. The van der Waals surface area contributed by atoms with Gasteiger partial charge in [0.2, 0.25) is 0 Å². The van der Waals surface area contributed by atoms with Crippen molar-refractivity contribution in [3.05, 3.63) is 132 Å². The van der Waals surface area contributed by atoms with E-state index >= 15 is 0 Å². The second-order valence-corrected chi connectivity index (χ2v) is 29.5. The van der Waals surface area contributed by atoms with E-state index in [9.17, 15) is 10.5 Å². The molecule has 0 amide bonds. The average Bonchev–Trinajstić information content (AvgIpc) is 1.64. The van der Waals surface area contributed by atoms with Gasteiger partial charge in [-0.15, -0.1) is 0 Å². The van der Waals surface area contributed by atoms with E-state index < -0.39 is 0 Å². The number of ether oxygens (including phenoxy) is 2. The number of nitrogens with one attached hydrogen (secondary N) is 2. The van der Waals surface area contributed by atoms with Crippen LogP contribution in [0.5, 0.6) is 11.5 Å². The summed E-state index contributed by atoms with van der Waals surface area (Å²) in [6, 6.07) is 36.9. The number of fused-ring (bicyclic) bond motifs is 3. The number of H-pyrrole nitrogens is 2. The van der Waals surface area contributed by atoms with Crippen LogP contribution in [0.15, 0.2) is 109 Å². The van der Waals surface area contributed by atoms with Gasteiger partial charge in [-0.25, -0.2) is 9.97 Å². The van der Waals surface area contributed by atoms with Gasteiger partial charge in [0.25, 0.3) is 0 Å². The first kappa shape index (κ1) is 62.7. The van der Waals surface area contributed by atoms with Crippen molar-refractivity contribution in [1.82, 2.24) is 29.9 Å². The smallest absolute Gasteiger partial charge is 0.119 e. The predicted octanol–water partition coefficient (Wildman–Crippen LogP) is 18.0. The minimum Gasteiger partial charge on any atom is -0.493 e. The van der Waals surface area contributed by atoms with Crippen molar-refractivity contribution >= 4 is 44.0 Å². The number of benzene rings is 4. The van der Waals surface area contributed by atoms with Crippen LogP contribution in [0.2, 0.25) is 0 Å². The first-order valence-corrected chi connectivity index (χ1v) is 30.9. The van der Waals surface area contributed by atoms with E-state index in [-0.39, 0.29) is 21.7 Å². The molecule has 4 aromatic heterocycles. The van der Waals surface area contributed by atoms with Crippen molar-refractivity contribution < 1.29 is 9.47 Å². The molecule has 0 radical (unpaired) electrons. The van der Waals surface area contributed by atoms with Gasteiger partial charge in [0.1, 0.15) is 46.2 Å². The SMILES string of the molecule is CC(CCC(COc1cccc(-c2[nH]/c(=C(/C#N)c3cnc4ccccc4n3)c3c(-c4cccc(OCC(CCC(C)CC(C)(C)C)C(C)CC(C)(C)C)c4)[nH]/c(=C(/C#N)c4cnc5ccccc5n4)c23)c1)C(C)CC(C)(C)C)CC(C)(C)C. The Balaban J connectivity index is 1.32. The Kier molecular flexibility index (Phi) is 19.7. The molecule has 10 heteroatoms. The first-order valence-electron chi connectivity index (χ1n) is 30.9. The van der Waals surface area contributed by atoms with Crippen molar-refractivity contribution in [1.29, 1.82) is 10.5 Å². The van der Waals surface area contributed by atoms with E-state index in [0.717, 1.165) is 72.2 Å². The number of hydrogen-bond donors (Lipinski definition) is 2. The van der Waals surface area contributed by atoms with E-state index in [1.165, 1.54) is 12.8 Å². The Morgan fingerprint density at radius 1 is 0.464 bits per heavy atom. The highest BCUT2D eigenvalue weighted by Gasteiger charge is 2.29. The summed E-state index contributed by atoms with van der Waals surface area (Å²) < 4.78 is 13.9. The number of para-hydroxylation sites is 4. The number of nitriles is 2. The van der Waals surface area contributed by atoms with Crippen LogP contribution >= 0.6 is 0 Å². The lowest BCUT2D eigenvalue weighted by atomic mass is 9.76. The number of hydrogen-bond acceptors (Lipinski definition) is 8. The maximum Gasteiger partial charge on any atom is 0.119 e.